The molecule has 0 N–H and O–H groups in total. The van der Waals surface area contributed by atoms with Crippen LogP contribution in [0.5, 0.6) is 0 Å². The van der Waals surface area contributed by atoms with Gasteiger partial charge in [-0.05, 0) is 19.8 Å². The molecule has 0 aliphatic carbocycles. The first-order chi connectivity index (χ1) is 9.96. The molecule has 0 bridgehead atoms. The Balaban J connectivity index is 2.37. The van der Waals surface area contributed by atoms with Crippen LogP contribution in [-0.2, 0) is 21.8 Å². The number of rotatable bonds is 4. The van der Waals surface area contributed by atoms with Crippen LogP contribution in [0.4, 0.5) is 0 Å². The van der Waals surface area contributed by atoms with E-state index in [4.69, 9.17) is 4.74 Å². The van der Waals surface area contributed by atoms with Gasteiger partial charge in [-0.1, -0.05) is 12.8 Å². The van der Waals surface area contributed by atoms with Gasteiger partial charge < -0.3 is 4.74 Å². The maximum Gasteiger partial charge on any atom is 0.342 e. The molecule has 2 rings (SSSR count). The normalized spacial score (nSPS) is 17.4. The predicted molar refractivity (Wildman–Crippen MR) is 76.4 cm³/mol. The van der Waals surface area contributed by atoms with E-state index in [1.165, 1.54) is 15.2 Å². The molecular weight excluding hydrogens is 294 g/mol. The topological polar surface area (TPSA) is 81.5 Å². The lowest BCUT2D eigenvalue weighted by Gasteiger charge is -2.18. The first-order valence-corrected chi connectivity index (χ1v) is 8.61. The van der Waals surface area contributed by atoms with Gasteiger partial charge >= 0.3 is 5.97 Å². The van der Waals surface area contributed by atoms with Gasteiger partial charge in [-0.2, -0.15) is 9.40 Å². The van der Waals surface area contributed by atoms with Crippen LogP contribution in [0.1, 0.15) is 43.0 Å². The highest BCUT2D eigenvalue weighted by Crippen LogP contribution is 2.22. The van der Waals surface area contributed by atoms with Crippen LogP contribution in [0.3, 0.4) is 0 Å². The minimum Gasteiger partial charge on any atom is -0.462 e. The van der Waals surface area contributed by atoms with Crippen molar-refractivity contribution in [1.82, 2.24) is 14.1 Å². The minimum atomic E-state index is -3.76. The average molecular weight is 315 g/mol. The van der Waals surface area contributed by atoms with Gasteiger partial charge in [0.05, 0.1) is 6.61 Å². The zero-order chi connectivity index (χ0) is 15.5. The fraction of sp³-hybridized carbons (Fsp3) is 0.692. The van der Waals surface area contributed by atoms with Gasteiger partial charge in [0, 0.05) is 26.3 Å². The first kappa shape index (κ1) is 16.0. The number of carbonyl (C=O) groups is 1. The lowest BCUT2D eigenvalue weighted by molar-refractivity contribution is 0.0521. The summed E-state index contributed by atoms with van der Waals surface area (Å²) in [6.07, 6.45) is 5.11. The van der Waals surface area contributed by atoms with Gasteiger partial charge in [-0.15, -0.1) is 0 Å². The van der Waals surface area contributed by atoms with Crippen LogP contribution in [-0.4, -0.2) is 48.2 Å². The summed E-state index contributed by atoms with van der Waals surface area (Å²) in [5.74, 6) is -0.654. The Morgan fingerprint density at radius 2 is 1.90 bits per heavy atom. The van der Waals surface area contributed by atoms with E-state index in [9.17, 15) is 13.2 Å². The molecule has 0 unspecified atom stereocenters. The molecule has 1 aromatic heterocycles. The molecule has 0 aromatic carbocycles. The van der Waals surface area contributed by atoms with Crippen molar-refractivity contribution in [2.24, 2.45) is 7.05 Å². The van der Waals surface area contributed by atoms with Crippen molar-refractivity contribution in [1.29, 1.82) is 0 Å². The van der Waals surface area contributed by atoms with Crippen LogP contribution >= 0.6 is 0 Å². The summed E-state index contributed by atoms with van der Waals surface area (Å²) >= 11 is 0. The smallest absolute Gasteiger partial charge is 0.342 e. The molecule has 21 heavy (non-hydrogen) atoms. The van der Waals surface area contributed by atoms with E-state index in [1.54, 1.807) is 14.0 Å². The summed E-state index contributed by atoms with van der Waals surface area (Å²) in [5, 5.41) is 3.77. The molecule has 1 fully saturated rings. The number of hydrogen-bond acceptors (Lipinski definition) is 5. The van der Waals surface area contributed by atoms with Gasteiger partial charge in [-0.3, -0.25) is 4.68 Å². The molecular formula is C13H21N3O4S. The second-order valence-electron chi connectivity index (χ2n) is 5.06. The fourth-order valence-electron chi connectivity index (χ4n) is 2.41. The standard InChI is InChI=1S/C13H21N3O4S/c1-3-20-13(17)11-10-15(2)14-12(11)21(18,19)16-8-6-4-5-7-9-16/h10H,3-9H2,1-2H3. The van der Waals surface area contributed by atoms with E-state index in [1.807, 2.05) is 0 Å². The highest BCUT2D eigenvalue weighted by molar-refractivity contribution is 7.89. The Labute approximate surface area is 124 Å². The molecule has 118 valence electrons. The minimum absolute atomic E-state index is 0.00333. The summed E-state index contributed by atoms with van der Waals surface area (Å²) in [6.45, 7) is 2.82. The van der Waals surface area contributed by atoms with E-state index in [-0.39, 0.29) is 17.2 Å². The SMILES string of the molecule is CCOC(=O)c1cn(C)nc1S(=O)(=O)N1CCCCCC1. The number of aryl methyl sites for hydroxylation is 1. The molecule has 0 radical (unpaired) electrons. The molecule has 2 heterocycles. The molecule has 0 spiro atoms. The molecule has 1 saturated heterocycles. The number of aromatic nitrogens is 2. The summed E-state index contributed by atoms with van der Waals surface area (Å²) < 4.78 is 33.1. The quantitative estimate of drug-likeness (QED) is 0.779. The number of nitrogens with zero attached hydrogens (tertiary/aromatic N) is 3. The van der Waals surface area contributed by atoms with Crippen molar-refractivity contribution in [3.63, 3.8) is 0 Å². The maximum absolute atomic E-state index is 12.7. The van der Waals surface area contributed by atoms with Crippen LogP contribution in [0.15, 0.2) is 11.2 Å². The largest absolute Gasteiger partial charge is 0.462 e. The molecule has 7 nitrogen and oxygen atoms in total. The highest BCUT2D eigenvalue weighted by Gasteiger charge is 2.33. The number of sulfonamides is 1. The van der Waals surface area contributed by atoms with Crippen molar-refractivity contribution < 1.29 is 17.9 Å². The van der Waals surface area contributed by atoms with E-state index < -0.39 is 16.0 Å². The van der Waals surface area contributed by atoms with Gasteiger partial charge in [0.2, 0.25) is 5.03 Å². The van der Waals surface area contributed by atoms with Crippen LogP contribution in [0.2, 0.25) is 0 Å². The Bertz CT molecular complexity index is 601. The van der Waals surface area contributed by atoms with Gasteiger partial charge in [-0.25, -0.2) is 13.2 Å². The fourth-order valence-corrected chi connectivity index (χ4v) is 4.04. The second-order valence-corrected chi connectivity index (χ2v) is 6.91. The lowest BCUT2D eigenvalue weighted by Crippen LogP contribution is -2.33. The maximum atomic E-state index is 12.7. The summed E-state index contributed by atoms with van der Waals surface area (Å²) in [6, 6.07) is 0. The lowest BCUT2D eigenvalue weighted by atomic mass is 10.2. The third-order valence-electron chi connectivity index (χ3n) is 3.44. The van der Waals surface area contributed by atoms with Crippen molar-refractivity contribution in [3.05, 3.63) is 11.8 Å². The van der Waals surface area contributed by atoms with E-state index >= 15 is 0 Å². The molecule has 0 atom stereocenters. The van der Waals surface area contributed by atoms with Crippen molar-refractivity contribution in [3.8, 4) is 0 Å². The predicted octanol–water partition coefficient (Wildman–Crippen LogP) is 1.16. The number of carbonyl (C=O) groups excluding carboxylic acids is 1. The van der Waals surface area contributed by atoms with E-state index in [2.05, 4.69) is 5.10 Å². The van der Waals surface area contributed by atoms with Crippen molar-refractivity contribution >= 4 is 16.0 Å². The van der Waals surface area contributed by atoms with E-state index in [0.29, 0.717) is 13.1 Å². The van der Waals surface area contributed by atoms with E-state index in [0.717, 1.165) is 25.7 Å². The third kappa shape index (κ3) is 3.44. The number of ether oxygens (including phenoxy) is 1. The van der Waals surface area contributed by atoms with Gasteiger partial charge in [0.15, 0.2) is 0 Å². The second kappa shape index (κ2) is 6.57. The van der Waals surface area contributed by atoms with Crippen LogP contribution in [0.25, 0.3) is 0 Å². The monoisotopic (exact) mass is 315 g/mol. The molecule has 8 heteroatoms. The summed E-state index contributed by atoms with van der Waals surface area (Å²) in [4.78, 5) is 11.9. The molecule has 1 aliphatic heterocycles. The molecule has 1 aliphatic rings. The zero-order valence-corrected chi connectivity index (χ0v) is 13.2. The van der Waals surface area contributed by atoms with Crippen molar-refractivity contribution in [2.45, 2.75) is 37.6 Å². The average Bonchev–Trinajstić information content (AvgIpc) is 2.65. The Morgan fingerprint density at radius 1 is 1.29 bits per heavy atom. The molecule has 0 amide bonds. The van der Waals surface area contributed by atoms with Gasteiger partial charge in [0.25, 0.3) is 10.0 Å². The summed E-state index contributed by atoms with van der Waals surface area (Å²) in [5.41, 5.74) is 0.00333. The first-order valence-electron chi connectivity index (χ1n) is 7.17. The molecule has 1 aromatic rings. The zero-order valence-electron chi connectivity index (χ0n) is 12.4. The highest BCUT2D eigenvalue weighted by atomic mass is 32.2. The summed E-state index contributed by atoms with van der Waals surface area (Å²) in [7, 11) is -2.17. The Kier molecular flexibility index (Phi) is 5.00. The van der Waals surface area contributed by atoms with Crippen LogP contribution < -0.4 is 0 Å². The van der Waals surface area contributed by atoms with Gasteiger partial charge in [0.1, 0.15) is 5.56 Å². The van der Waals surface area contributed by atoms with Crippen LogP contribution in [0, 0.1) is 0 Å². The molecule has 0 saturated carbocycles. The Hall–Kier alpha value is -1.41. The third-order valence-corrected chi connectivity index (χ3v) is 5.27. The Morgan fingerprint density at radius 3 is 2.48 bits per heavy atom. The van der Waals surface area contributed by atoms with Crippen molar-refractivity contribution in [2.75, 3.05) is 19.7 Å². The number of hydrogen-bond donors (Lipinski definition) is 0. The number of esters is 1.